The van der Waals surface area contributed by atoms with Gasteiger partial charge in [-0.3, -0.25) is 0 Å². The summed E-state index contributed by atoms with van der Waals surface area (Å²) in [6, 6.07) is 13.3. The average molecular weight is 336 g/mol. The van der Waals surface area contributed by atoms with Crippen molar-refractivity contribution >= 4 is 12.0 Å². The highest BCUT2D eigenvalue weighted by Crippen LogP contribution is 2.30. The number of esters is 1. The van der Waals surface area contributed by atoms with Crippen LogP contribution in [0.3, 0.4) is 0 Å². The molecule has 3 nitrogen and oxygen atoms in total. The van der Waals surface area contributed by atoms with Crippen molar-refractivity contribution in [3.8, 4) is 5.75 Å². The first-order valence-electron chi connectivity index (χ1n) is 7.05. The minimum atomic E-state index is -4.42. The maximum atomic E-state index is 12.5. The second kappa shape index (κ2) is 7.68. The third-order valence-corrected chi connectivity index (χ3v) is 3.14. The molecule has 0 aliphatic rings. The van der Waals surface area contributed by atoms with Crippen LogP contribution in [0.4, 0.5) is 13.2 Å². The SMILES string of the molecule is COC(=O)C(/C=C/c1ccccc1)Oc1ccc(C(F)(F)F)cc1. The van der Waals surface area contributed by atoms with Gasteiger partial charge >= 0.3 is 12.1 Å². The predicted octanol–water partition coefficient (Wildman–Crippen LogP) is 4.34. The highest BCUT2D eigenvalue weighted by molar-refractivity contribution is 5.78. The fourth-order valence-corrected chi connectivity index (χ4v) is 1.91. The Morgan fingerprint density at radius 1 is 1.04 bits per heavy atom. The molecule has 0 bridgehead atoms. The van der Waals surface area contributed by atoms with Crippen molar-refractivity contribution in [2.75, 3.05) is 7.11 Å². The van der Waals surface area contributed by atoms with Crippen LogP contribution in [-0.2, 0) is 15.7 Å². The summed E-state index contributed by atoms with van der Waals surface area (Å²) < 4.78 is 47.7. The van der Waals surface area contributed by atoms with Gasteiger partial charge in [-0.1, -0.05) is 36.4 Å². The Morgan fingerprint density at radius 2 is 1.67 bits per heavy atom. The van der Waals surface area contributed by atoms with Gasteiger partial charge in [-0.05, 0) is 35.9 Å². The molecule has 2 aromatic rings. The van der Waals surface area contributed by atoms with E-state index in [0.717, 1.165) is 29.8 Å². The van der Waals surface area contributed by atoms with E-state index in [1.807, 2.05) is 30.3 Å². The molecule has 0 saturated carbocycles. The first kappa shape index (κ1) is 17.6. The third-order valence-electron chi connectivity index (χ3n) is 3.14. The molecule has 1 atom stereocenters. The van der Waals surface area contributed by atoms with Gasteiger partial charge in [-0.2, -0.15) is 13.2 Å². The molecule has 126 valence electrons. The van der Waals surface area contributed by atoms with E-state index in [9.17, 15) is 18.0 Å². The lowest BCUT2D eigenvalue weighted by molar-refractivity contribution is -0.146. The zero-order valence-electron chi connectivity index (χ0n) is 12.8. The molecule has 2 rings (SSSR count). The van der Waals surface area contributed by atoms with Crippen LogP contribution in [-0.4, -0.2) is 19.2 Å². The van der Waals surface area contributed by atoms with Crippen molar-refractivity contribution in [3.05, 3.63) is 71.8 Å². The highest BCUT2D eigenvalue weighted by atomic mass is 19.4. The number of methoxy groups -OCH3 is 1. The standard InChI is InChI=1S/C18H15F3O3/c1-23-17(22)16(12-7-13-5-3-2-4-6-13)24-15-10-8-14(9-11-15)18(19,20)21/h2-12,16H,1H3/b12-7+. The summed E-state index contributed by atoms with van der Waals surface area (Å²) >= 11 is 0. The number of carbonyl (C=O) groups is 1. The van der Waals surface area contributed by atoms with E-state index in [2.05, 4.69) is 4.74 Å². The summed E-state index contributed by atoms with van der Waals surface area (Å²) in [6.45, 7) is 0. The maximum absolute atomic E-state index is 12.5. The van der Waals surface area contributed by atoms with Crippen LogP contribution < -0.4 is 4.74 Å². The summed E-state index contributed by atoms with van der Waals surface area (Å²) in [5.74, 6) is -0.516. The van der Waals surface area contributed by atoms with E-state index < -0.39 is 23.8 Å². The zero-order valence-corrected chi connectivity index (χ0v) is 12.8. The number of carbonyl (C=O) groups excluding carboxylic acids is 1. The Labute approximate surface area is 137 Å². The molecular formula is C18H15F3O3. The number of halogens is 3. The molecule has 6 heteroatoms. The average Bonchev–Trinajstić information content (AvgIpc) is 2.58. The van der Waals surface area contributed by atoms with Crippen LogP contribution in [0.1, 0.15) is 11.1 Å². The van der Waals surface area contributed by atoms with Gasteiger partial charge < -0.3 is 9.47 Å². The van der Waals surface area contributed by atoms with Crippen LogP contribution in [0.5, 0.6) is 5.75 Å². The van der Waals surface area contributed by atoms with Gasteiger partial charge in [0, 0.05) is 0 Å². The lowest BCUT2D eigenvalue weighted by Gasteiger charge is -2.14. The molecule has 0 N–H and O–H groups in total. The third kappa shape index (κ3) is 4.87. The van der Waals surface area contributed by atoms with E-state index in [1.54, 1.807) is 6.08 Å². The number of hydrogen-bond acceptors (Lipinski definition) is 3. The highest BCUT2D eigenvalue weighted by Gasteiger charge is 2.30. The van der Waals surface area contributed by atoms with Crippen molar-refractivity contribution < 1.29 is 27.4 Å². The number of alkyl halides is 3. The van der Waals surface area contributed by atoms with Crippen LogP contribution >= 0.6 is 0 Å². The largest absolute Gasteiger partial charge is 0.475 e. The normalized spacial score (nSPS) is 12.8. The second-order valence-corrected chi connectivity index (χ2v) is 4.85. The van der Waals surface area contributed by atoms with Gasteiger partial charge in [0.25, 0.3) is 0 Å². The Kier molecular flexibility index (Phi) is 5.63. The predicted molar refractivity (Wildman–Crippen MR) is 83.4 cm³/mol. The van der Waals surface area contributed by atoms with Gasteiger partial charge in [-0.15, -0.1) is 0 Å². The van der Waals surface area contributed by atoms with Crippen molar-refractivity contribution in [2.45, 2.75) is 12.3 Å². The smallest absolute Gasteiger partial charge is 0.416 e. The Morgan fingerprint density at radius 3 is 2.21 bits per heavy atom. The van der Waals surface area contributed by atoms with Gasteiger partial charge in [0.2, 0.25) is 6.10 Å². The molecule has 0 amide bonds. The Bertz CT molecular complexity index is 692. The van der Waals surface area contributed by atoms with E-state index in [4.69, 9.17) is 4.74 Å². The lowest BCUT2D eigenvalue weighted by Crippen LogP contribution is -2.26. The van der Waals surface area contributed by atoms with Crippen LogP contribution in [0, 0.1) is 0 Å². The van der Waals surface area contributed by atoms with Gasteiger partial charge in [0.15, 0.2) is 0 Å². The fourth-order valence-electron chi connectivity index (χ4n) is 1.91. The molecule has 1 unspecified atom stereocenters. The summed E-state index contributed by atoms with van der Waals surface area (Å²) in [6.07, 6.45) is -2.33. The zero-order chi connectivity index (χ0) is 17.6. The van der Waals surface area contributed by atoms with Gasteiger partial charge in [0.05, 0.1) is 12.7 Å². The quantitative estimate of drug-likeness (QED) is 0.762. The molecule has 2 aromatic carbocycles. The topological polar surface area (TPSA) is 35.5 Å². The molecular weight excluding hydrogens is 321 g/mol. The monoisotopic (exact) mass is 336 g/mol. The molecule has 0 heterocycles. The summed E-state index contributed by atoms with van der Waals surface area (Å²) in [5, 5.41) is 0. The minimum absolute atomic E-state index is 0.135. The first-order valence-corrected chi connectivity index (χ1v) is 7.05. The molecule has 24 heavy (non-hydrogen) atoms. The fraction of sp³-hybridized carbons (Fsp3) is 0.167. The molecule has 0 radical (unpaired) electrons. The maximum Gasteiger partial charge on any atom is 0.416 e. The molecule has 0 aliphatic heterocycles. The summed E-state index contributed by atoms with van der Waals surface area (Å²) in [5.41, 5.74) is 0.0618. The summed E-state index contributed by atoms with van der Waals surface area (Å²) in [4.78, 5) is 11.8. The van der Waals surface area contributed by atoms with E-state index in [1.165, 1.54) is 13.2 Å². The molecule has 0 aliphatic carbocycles. The number of rotatable bonds is 5. The number of ether oxygens (including phenoxy) is 2. The number of benzene rings is 2. The van der Waals surface area contributed by atoms with E-state index in [0.29, 0.717) is 0 Å². The Hall–Kier alpha value is -2.76. The van der Waals surface area contributed by atoms with Crippen LogP contribution in [0.25, 0.3) is 6.08 Å². The lowest BCUT2D eigenvalue weighted by atomic mass is 10.2. The Balaban J connectivity index is 2.14. The van der Waals surface area contributed by atoms with E-state index >= 15 is 0 Å². The molecule has 0 aromatic heterocycles. The van der Waals surface area contributed by atoms with Crippen LogP contribution in [0.15, 0.2) is 60.7 Å². The first-order chi connectivity index (χ1) is 11.4. The number of hydrogen-bond donors (Lipinski definition) is 0. The van der Waals surface area contributed by atoms with Crippen molar-refractivity contribution in [2.24, 2.45) is 0 Å². The van der Waals surface area contributed by atoms with E-state index in [-0.39, 0.29) is 5.75 Å². The molecule has 0 spiro atoms. The van der Waals surface area contributed by atoms with Gasteiger partial charge in [0.1, 0.15) is 5.75 Å². The second-order valence-electron chi connectivity index (χ2n) is 4.85. The molecule has 0 fully saturated rings. The van der Waals surface area contributed by atoms with Crippen molar-refractivity contribution in [3.63, 3.8) is 0 Å². The van der Waals surface area contributed by atoms with Crippen molar-refractivity contribution in [1.29, 1.82) is 0 Å². The van der Waals surface area contributed by atoms with Crippen LogP contribution in [0.2, 0.25) is 0 Å². The van der Waals surface area contributed by atoms with Gasteiger partial charge in [-0.25, -0.2) is 4.79 Å². The summed E-state index contributed by atoms with van der Waals surface area (Å²) in [7, 11) is 1.21. The van der Waals surface area contributed by atoms with Crippen molar-refractivity contribution in [1.82, 2.24) is 0 Å². The minimum Gasteiger partial charge on any atom is -0.475 e. The molecule has 0 saturated heterocycles.